The van der Waals surface area contributed by atoms with Crippen LogP contribution in [0.4, 0.5) is 16.2 Å². The molecule has 206 valence electrons. The van der Waals surface area contributed by atoms with Crippen molar-refractivity contribution in [2.45, 2.75) is 50.4 Å². The molecule has 38 heavy (non-hydrogen) atoms. The Kier molecular flexibility index (Phi) is 7.34. The lowest BCUT2D eigenvalue weighted by atomic mass is 9.90. The monoisotopic (exact) mass is 553 g/mol. The Labute approximate surface area is 216 Å². The van der Waals surface area contributed by atoms with Crippen LogP contribution in [-0.2, 0) is 18.6 Å². The van der Waals surface area contributed by atoms with Crippen molar-refractivity contribution in [2.24, 2.45) is 0 Å². The first-order valence-electron chi connectivity index (χ1n) is 11.5. The fourth-order valence-corrected chi connectivity index (χ4v) is 5.69. The number of fused-ring (bicyclic) bond motifs is 1. The number of nitrogens with two attached hydrogens (primary N) is 1. The van der Waals surface area contributed by atoms with Crippen LogP contribution in [0, 0.1) is 0 Å². The predicted molar refractivity (Wildman–Crippen MR) is 134 cm³/mol. The Morgan fingerprint density at radius 1 is 1.34 bits per heavy atom. The smallest absolute Gasteiger partial charge is 0.459 e. The minimum atomic E-state index is -4.36. The number of ether oxygens (including phenoxy) is 1. The summed E-state index contributed by atoms with van der Waals surface area (Å²) in [4.78, 5) is 23.8. The molecule has 4 rings (SSSR count). The lowest BCUT2D eigenvalue weighted by Gasteiger charge is -2.30. The van der Waals surface area contributed by atoms with Crippen molar-refractivity contribution in [3.8, 4) is 5.75 Å². The molecule has 1 aliphatic rings. The van der Waals surface area contributed by atoms with E-state index in [1.165, 1.54) is 36.9 Å². The Bertz CT molecular complexity index is 1370. The number of nitrogens with one attached hydrogen (secondary N) is 2. The summed E-state index contributed by atoms with van der Waals surface area (Å²) < 4.78 is 47.9. The van der Waals surface area contributed by atoms with Crippen LogP contribution >= 0.6 is 7.75 Å². The highest BCUT2D eigenvalue weighted by atomic mass is 31.2. The zero-order valence-electron chi connectivity index (χ0n) is 21.0. The van der Waals surface area contributed by atoms with Crippen molar-refractivity contribution >= 4 is 36.6 Å². The summed E-state index contributed by atoms with van der Waals surface area (Å²) in [7, 11) is -2.75. The molecular weight excluding hydrogens is 524 g/mol. The van der Waals surface area contributed by atoms with E-state index in [0.717, 1.165) is 6.92 Å². The highest BCUT2D eigenvalue weighted by Gasteiger charge is 2.62. The number of carboxylic acid groups (broad SMARTS) is 1. The van der Waals surface area contributed by atoms with Gasteiger partial charge in [0, 0.05) is 7.05 Å². The van der Waals surface area contributed by atoms with Gasteiger partial charge in [0.1, 0.15) is 23.5 Å². The van der Waals surface area contributed by atoms with E-state index in [4.69, 9.17) is 19.5 Å². The number of para-hydroxylation sites is 1. The van der Waals surface area contributed by atoms with Crippen LogP contribution in [0.2, 0.25) is 0 Å². The standard InChI is InChI=1S/C22H29FN7O7P/c1-12(17(31)32)29-38(34,37-13-8-6-5-7-9-13)35-10-21(2)18(33)22(3,23)19(36-21)30-11-26-14-15(25-4)27-20(24)28-16(14)30/h5-9,11-12,18-19,33H,10H2,1-4H3,(H,29,34)(H,31,32)(H3,24,25,27,28)/t12?,18-,19-,21-,22-,38+/m1/s1. The lowest BCUT2D eigenvalue weighted by Crippen LogP contribution is -2.48. The van der Waals surface area contributed by atoms with Crippen LogP contribution in [-0.4, -0.2) is 72.8 Å². The summed E-state index contributed by atoms with van der Waals surface area (Å²) >= 11 is 0. The molecule has 0 saturated carbocycles. The third-order valence-corrected chi connectivity index (χ3v) is 7.74. The fourth-order valence-electron chi connectivity index (χ4n) is 4.10. The second-order valence-corrected chi connectivity index (χ2v) is 10.9. The highest BCUT2D eigenvalue weighted by molar-refractivity contribution is 7.52. The van der Waals surface area contributed by atoms with Crippen molar-refractivity contribution in [1.82, 2.24) is 24.6 Å². The molecule has 0 spiro atoms. The maximum atomic E-state index is 16.1. The zero-order chi connectivity index (χ0) is 27.9. The molecule has 2 aromatic heterocycles. The lowest BCUT2D eigenvalue weighted by molar-refractivity contribution is -0.138. The third kappa shape index (κ3) is 5.15. The molecule has 1 unspecified atom stereocenters. The number of aliphatic hydroxyl groups is 1. The van der Waals surface area contributed by atoms with Crippen LogP contribution < -0.4 is 20.7 Å². The van der Waals surface area contributed by atoms with Gasteiger partial charge in [0.25, 0.3) is 0 Å². The molecule has 14 nitrogen and oxygen atoms in total. The van der Waals surface area contributed by atoms with E-state index >= 15 is 4.39 Å². The largest absolute Gasteiger partial charge is 0.480 e. The number of aliphatic carboxylic acids is 1. The number of nitrogen functional groups attached to an aromatic ring is 1. The molecular formula is C22H29FN7O7P. The molecule has 0 amide bonds. The molecule has 3 aromatic rings. The number of anilines is 2. The SMILES string of the molecule is CNc1nc(N)nc2c1ncn2[C@@H]1O[C@](C)(CO[P@@](=O)(NC(C)C(=O)O)Oc2ccccc2)[C@@H](O)[C@@]1(C)F. The quantitative estimate of drug-likeness (QED) is 0.229. The number of rotatable bonds is 10. The Hall–Kier alpha value is -3.36. The maximum Gasteiger partial charge on any atom is 0.459 e. The van der Waals surface area contributed by atoms with E-state index in [0.29, 0.717) is 11.3 Å². The van der Waals surface area contributed by atoms with Gasteiger partial charge in [-0.3, -0.25) is 13.9 Å². The number of nitrogens with zero attached hydrogens (tertiary/aromatic N) is 4. The number of carbonyl (C=O) groups is 1. The summed E-state index contributed by atoms with van der Waals surface area (Å²) in [6.45, 7) is 3.11. The van der Waals surface area contributed by atoms with Gasteiger partial charge in [-0.25, -0.2) is 13.9 Å². The van der Waals surface area contributed by atoms with E-state index < -0.39 is 50.0 Å². The second kappa shape index (κ2) is 10.1. The van der Waals surface area contributed by atoms with Crippen LogP contribution in [0.5, 0.6) is 5.75 Å². The topological polar surface area (TPSA) is 196 Å². The summed E-state index contributed by atoms with van der Waals surface area (Å²) in [6.07, 6.45) is -1.96. The normalized spacial score (nSPS) is 27.6. The second-order valence-electron chi connectivity index (χ2n) is 9.21. The van der Waals surface area contributed by atoms with Crippen LogP contribution in [0.25, 0.3) is 11.2 Å². The van der Waals surface area contributed by atoms with E-state index in [1.807, 2.05) is 0 Å². The minimum absolute atomic E-state index is 0.0913. The van der Waals surface area contributed by atoms with E-state index in [2.05, 4.69) is 25.4 Å². The van der Waals surface area contributed by atoms with E-state index in [-0.39, 0.29) is 17.3 Å². The molecule has 6 atom stereocenters. The Balaban J connectivity index is 1.63. The molecule has 1 saturated heterocycles. The highest BCUT2D eigenvalue weighted by Crippen LogP contribution is 2.51. The van der Waals surface area contributed by atoms with Gasteiger partial charge in [-0.2, -0.15) is 15.1 Å². The van der Waals surface area contributed by atoms with Crippen LogP contribution in [0.3, 0.4) is 0 Å². The van der Waals surface area contributed by atoms with E-state index in [1.54, 1.807) is 25.2 Å². The number of halogens is 1. The Morgan fingerprint density at radius 2 is 2.03 bits per heavy atom. The van der Waals surface area contributed by atoms with Gasteiger partial charge in [-0.15, -0.1) is 0 Å². The first-order chi connectivity index (χ1) is 17.8. The molecule has 6 N–H and O–H groups in total. The van der Waals surface area contributed by atoms with Gasteiger partial charge in [0.05, 0.1) is 12.9 Å². The van der Waals surface area contributed by atoms with Gasteiger partial charge in [-0.05, 0) is 32.9 Å². The van der Waals surface area contributed by atoms with Crippen molar-refractivity contribution in [3.63, 3.8) is 0 Å². The van der Waals surface area contributed by atoms with E-state index in [9.17, 15) is 19.6 Å². The summed E-state index contributed by atoms with van der Waals surface area (Å²) in [5, 5.41) is 25.5. The maximum absolute atomic E-state index is 16.1. The zero-order valence-corrected chi connectivity index (χ0v) is 21.9. The van der Waals surface area contributed by atoms with Gasteiger partial charge in [0.15, 0.2) is 28.9 Å². The molecule has 16 heteroatoms. The van der Waals surface area contributed by atoms with Crippen LogP contribution in [0.15, 0.2) is 36.7 Å². The summed E-state index contributed by atoms with van der Waals surface area (Å²) in [5.74, 6) is -0.949. The average Bonchev–Trinajstić information content (AvgIpc) is 3.35. The molecule has 1 aliphatic heterocycles. The number of aliphatic hydroxyl groups excluding tert-OH is 1. The number of imidazole rings is 1. The van der Waals surface area contributed by atoms with Gasteiger partial charge in [0.2, 0.25) is 5.95 Å². The van der Waals surface area contributed by atoms with Crippen molar-refractivity contribution in [1.29, 1.82) is 0 Å². The number of carboxylic acids is 1. The average molecular weight is 553 g/mol. The van der Waals surface area contributed by atoms with Crippen molar-refractivity contribution in [2.75, 3.05) is 24.7 Å². The van der Waals surface area contributed by atoms with Gasteiger partial charge >= 0.3 is 13.7 Å². The summed E-state index contributed by atoms with van der Waals surface area (Å²) in [6, 6.07) is 6.62. The van der Waals surface area contributed by atoms with Gasteiger partial charge in [-0.1, -0.05) is 18.2 Å². The first-order valence-corrected chi connectivity index (χ1v) is 13.1. The van der Waals surface area contributed by atoms with Crippen LogP contribution in [0.1, 0.15) is 27.0 Å². The number of hydrogen-bond donors (Lipinski definition) is 5. The molecule has 1 aromatic carbocycles. The third-order valence-electron chi connectivity index (χ3n) is 6.12. The minimum Gasteiger partial charge on any atom is -0.480 e. The number of alkyl halides is 1. The molecule has 0 radical (unpaired) electrons. The molecule has 0 bridgehead atoms. The number of benzene rings is 1. The van der Waals surface area contributed by atoms with Crippen molar-refractivity contribution < 1.29 is 37.7 Å². The predicted octanol–water partition coefficient (Wildman–Crippen LogP) is 2.09. The Morgan fingerprint density at radius 3 is 2.66 bits per heavy atom. The van der Waals surface area contributed by atoms with Crippen molar-refractivity contribution in [3.05, 3.63) is 36.7 Å². The summed E-state index contributed by atoms with van der Waals surface area (Å²) in [5.41, 5.74) is 2.08. The molecule has 3 heterocycles. The number of hydrogen-bond acceptors (Lipinski definition) is 11. The fraction of sp³-hybridized carbons (Fsp3) is 0.455. The van der Waals surface area contributed by atoms with Gasteiger partial charge < -0.3 is 30.5 Å². The number of aromatic nitrogens is 4. The molecule has 1 fully saturated rings. The first kappa shape index (κ1) is 27.7. The molecule has 0 aliphatic carbocycles.